The van der Waals surface area contributed by atoms with Gasteiger partial charge in [0.2, 0.25) is 0 Å². The quantitative estimate of drug-likeness (QED) is 0.791. The summed E-state index contributed by atoms with van der Waals surface area (Å²) in [6, 6.07) is 8.90. The first kappa shape index (κ1) is 18.6. The minimum absolute atomic E-state index is 0.0479. The normalized spacial score (nSPS) is 10.9. The number of anilines is 1. The summed E-state index contributed by atoms with van der Waals surface area (Å²) in [6.07, 6.45) is 0. The SMILES string of the molecule is COC(=O)c1cc(S(=O)(=O)Nc2ccc(OC)c(OC)c2)ccc1C. The lowest BCUT2D eigenvalue weighted by Crippen LogP contribution is -2.14. The second-order valence-corrected chi connectivity index (χ2v) is 6.83. The zero-order valence-electron chi connectivity index (χ0n) is 14.3. The predicted molar refractivity (Wildman–Crippen MR) is 92.9 cm³/mol. The maximum absolute atomic E-state index is 12.6. The molecule has 0 saturated carbocycles. The highest BCUT2D eigenvalue weighted by atomic mass is 32.2. The van der Waals surface area contributed by atoms with Crippen molar-refractivity contribution >= 4 is 21.7 Å². The van der Waals surface area contributed by atoms with E-state index in [9.17, 15) is 13.2 Å². The average molecular weight is 365 g/mol. The number of nitrogens with one attached hydrogen (secondary N) is 1. The van der Waals surface area contributed by atoms with Crippen LogP contribution in [0.4, 0.5) is 5.69 Å². The van der Waals surface area contributed by atoms with E-state index in [0.717, 1.165) is 0 Å². The number of aryl methyl sites for hydroxylation is 1. The Morgan fingerprint density at radius 2 is 1.64 bits per heavy atom. The van der Waals surface area contributed by atoms with Crippen LogP contribution in [0, 0.1) is 6.92 Å². The van der Waals surface area contributed by atoms with Gasteiger partial charge in [0.1, 0.15) is 0 Å². The molecule has 0 saturated heterocycles. The Morgan fingerprint density at radius 3 is 2.24 bits per heavy atom. The van der Waals surface area contributed by atoms with E-state index in [1.807, 2.05) is 0 Å². The van der Waals surface area contributed by atoms with Crippen LogP contribution in [0.2, 0.25) is 0 Å². The van der Waals surface area contributed by atoms with E-state index in [2.05, 4.69) is 9.46 Å². The fraction of sp³-hybridized carbons (Fsp3) is 0.235. The first-order valence-electron chi connectivity index (χ1n) is 7.26. The topological polar surface area (TPSA) is 90.9 Å². The molecule has 0 aliphatic rings. The van der Waals surface area contributed by atoms with Crippen molar-refractivity contribution in [2.75, 3.05) is 26.1 Å². The van der Waals surface area contributed by atoms with Crippen LogP contribution >= 0.6 is 0 Å². The molecule has 0 radical (unpaired) electrons. The van der Waals surface area contributed by atoms with Crippen LogP contribution in [-0.2, 0) is 14.8 Å². The summed E-state index contributed by atoms with van der Waals surface area (Å²) in [7, 11) is 0.293. The number of hydrogen-bond acceptors (Lipinski definition) is 6. The molecule has 0 aromatic heterocycles. The molecule has 0 bridgehead atoms. The van der Waals surface area contributed by atoms with Crippen molar-refractivity contribution in [2.24, 2.45) is 0 Å². The predicted octanol–water partition coefficient (Wildman–Crippen LogP) is 2.60. The molecule has 0 unspecified atom stereocenters. The lowest BCUT2D eigenvalue weighted by molar-refractivity contribution is 0.0599. The van der Waals surface area contributed by atoms with Gasteiger partial charge in [-0.3, -0.25) is 4.72 Å². The maximum Gasteiger partial charge on any atom is 0.338 e. The van der Waals surface area contributed by atoms with E-state index in [1.165, 1.54) is 39.5 Å². The summed E-state index contributed by atoms with van der Waals surface area (Å²) in [5.41, 5.74) is 1.12. The molecule has 0 fully saturated rings. The molecule has 0 atom stereocenters. The van der Waals surface area contributed by atoms with Gasteiger partial charge in [-0.05, 0) is 36.8 Å². The number of esters is 1. The van der Waals surface area contributed by atoms with Gasteiger partial charge in [-0.1, -0.05) is 6.07 Å². The van der Waals surface area contributed by atoms with Crippen LogP contribution in [0.3, 0.4) is 0 Å². The van der Waals surface area contributed by atoms with E-state index in [-0.39, 0.29) is 10.5 Å². The van der Waals surface area contributed by atoms with Crippen LogP contribution in [0.1, 0.15) is 15.9 Å². The van der Waals surface area contributed by atoms with Crippen molar-refractivity contribution in [1.29, 1.82) is 0 Å². The highest BCUT2D eigenvalue weighted by Gasteiger charge is 2.19. The Kier molecular flexibility index (Phi) is 5.53. The third-order valence-electron chi connectivity index (χ3n) is 3.56. The van der Waals surface area contributed by atoms with Crippen molar-refractivity contribution in [3.05, 3.63) is 47.5 Å². The van der Waals surface area contributed by atoms with Gasteiger partial charge >= 0.3 is 5.97 Å². The van der Waals surface area contributed by atoms with Crippen LogP contribution in [0.5, 0.6) is 11.5 Å². The Labute approximate surface area is 146 Å². The van der Waals surface area contributed by atoms with Gasteiger partial charge in [-0.25, -0.2) is 13.2 Å². The molecule has 2 aromatic carbocycles. The largest absolute Gasteiger partial charge is 0.493 e. The third kappa shape index (κ3) is 4.03. The van der Waals surface area contributed by atoms with Gasteiger partial charge in [0.15, 0.2) is 11.5 Å². The molecule has 2 rings (SSSR count). The number of benzene rings is 2. The fourth-order valence-electron chi connectivity index (χ4n) is 2.21. The van der Waals surface area contributed by atoms with E-state index < -0.39 is 16.0 Å². The van der Waals surface area contributed by atoms with Gasteiger partial charge < -0.3 is 14.2 Å². The molecule has 2 aromatic rings. The lowest BCUT2D eigenvalue weighted by atomic mass is 10.1. The van der Waals surface area contributed by atoms with Crippen LogP contribution in [-0.4, -0.2) is 35.7 Å². The number of sulfonamides is 1. The van der Waals surface area contributed by atoms with Gasteiger partial charge in [0.05, 0.1) is 37.5 Å². The van der Waals surface area contributed by atoms with E-state index in [1.54, 1.807) is 25.1 Å². The van der Waals surface area contributed by atoms with Crippen molar-refractivity contribution < 1.29 is 27.4 Å². The molecule has 0 aliphatic carbocycles. The highest BCUT2D eigenvalue weighted by molar-refractivity contribution is 7.92. The number of rotatable bonds is 6. The first-order valence-corrected chi connectivity index (χ1v) is 8.74. The number of carbonyl (C=O) groups excluding carboxylic acids is 1. The Morgan fingerprint density at radius 1 is 0.960 bits per heavy atom. The number of methoxy groups -OCH3 is 3. The molecule has 8 heteroatoms. The summed E-state index contributed by atoms with van der Waals surface area (Å²) in [4.78, 5) is 11.7. The first-order chi connectivity index (χ1) is 11.8. The minimum Gasteiger partial charge on any atom is -0.493 e. The summed E-state index contributed by atoms with van der Waals surface area (Å²) in [6.45, 7) is 1.70. The minimum atomic E-state index is -3.89. The lowest BCUT2D eigenvalue weighted by Gasteiger charge is -2.13. The molecule has 7 nitrogen and oxygen atoms in total. The molecule has 134 valence electrons. The molecular weight excluding hydrogens is 346 g/mol. The van der Waals surface area contributed by atoms with Crippen LogP contribution in [0.25, 0.3) is 0 Å². The van der Waals surface area contributed by atoms with Crippen molar-refractivity contribution in [2.45, 2.75) is 11.8 Å². The second-order valence-electron chi connectivity index (χ2n) is 5.14. The molecule has 25 heavy (non-hydrogen) atoms. The summed E-state index contributed by atoms with van der Waals surface area (Å²) >= 11 is 0. The smallest absolute Gasteiger partial charge is 0.338 e. The van der Waals surface area contributed by atoms with Gasteiger partial charge in [-0.2, -0.15) is 0 Å². The molecule has 0 spiro atoms. The fourth-order valence-corrected chi connectivity index (χ4v) is 3.29. The molecule has 1 N–H and O–H groups in total. The summed E-state index contributed by atoms with van der Waals surface area (Å²) in [5.74, 6) is 0.274. The number of ether oxygens (including phenoxy) is 3. The van der Waals surface area contributed by atoms with Crippen molar-refractivity contribution in [3.63, 3.8) is 0 Å². The molecular formula is C17H19NO6S. The van der Waals surface area contributed by atoms with Crippen LogP contribution in [0.15, 0.2) is 41.3 Å². The zero-order chi connectivity index (χ0) is 18.6. The van der Waals surface area contributed by atoms with Gasteiger partial charge in [0, 0.05) is 6.07 Å². The van der Waals surface area contributed by atoms with E-state index in [4.69, 9.17) is 9.47 Å². The summed E-state index contributed by atoms with van der Waals surface area (Å²) in [5, 5.41) is 0. The third-order valence-corrected chi connectivity index (χ3v) is 4.94. The number of hydrogen-bond donors (Lipinski definition) is 1. The van der Waals surface area contributed by atoms with Crippen molar-refractivity contribution in [1.82, 2.24) is 0 Å². The molecule has 0 amide bonds. The summed E-state index contributed by atoms with van der Waals surface area (Å²) < 4.78 is 42.6. The van der Waals surface area contributed by atoms with Gasteiger partial charge in [-0.15, -0.1) is 0 Å². The molecule has 0 aliphatic heterocycles. The average Bonchev–Trinajstić information content (AvgIpc) is 2.60. The van der Waals surface area contributed by atoms with E-state index >= 15 is 0 Å². The van der Waals surface area contributed by atoms with Crippen LogP contribution < -0.4 is 14.2 Å². The van der Waals surface area contributed by atoms with Gasteiger partial charge in [0.25, 0.3) is 10.0 Å². The zero-order valence-corrected chi connectivity index (χ0v) is 15.1. The monoisotopic (exact) mass is 365 g/mol. The number of carbonyl (C=O) groups is 1. The standard InChI is InChI=1S/C17H19NO6S/c1-11-5-7-13(10-14(11)17(19)24-4)25(20,21)18-12-6-8-15(22-2)16(9-12)23-3/h5-10,18H,1-4H3. The second kappa shape index (κ2) is 7.43. The Hall–Kier alpha value is -2.74. The Balaban J connectivity index is 2.38. The van der Waals surface area contributed by atoms with E-state index in [0.29, 0.717) is 22.7 Å². The maximum atomic E-state index is 12.6. The Bertz CT molecular complexity index is 892. The van der Waals surface area contributed by atoms with Crippen molar-refractivity contribution in [3.8, 4) is 11.5 Å². The molecule has 0 heterocycles. The highest BCUT2D eigenvalue weighted by Crippen LogP contribution is 2.31.